The van der Waals surface area contributed by atoms with Gasteiger partial charge in [-0.15, -0.1) is 0 Å². The van der Waals surface area contributed by atoms with Crippen molar-refractivity contribution in [2.75, 3.05) is 0 Å². The molecule has 0 radical (unpaired) electrons. The van der Waals surface area contributed by atoms with Crippen molar-refractivity contribution in [1.29, 1.82) is 0 Å². The molecule has 17 heavy (non-hydrogen) atoms. The number of rotatable bonds is 3. The molecule has 1 aliphatic rings. The molecule has 1 aromatic carbocycles. The molecule has 1 saturated carbocycles. The summed E-state index contributed by atoms with van der Waals surface area (Å²) in [5.74, 6) is 0.0110. The van der Waals surface area contributed by atoms with E-state index in [9.17, 15) is 4.79 Å². The first-order chi connectivity index (χ1) is 8.24. The molecular formula is C14H16BrNO. The number of benzene rings is 1. The van der Waals surface area contributed by atoms with Gasteiger partial charge in [0.05, 0.1) is 0 Å². The van der Waals surface area contributed by atoms with Gasteiger partial charge in [0.1, 0.15) is 0 Å². The fourth-order valence-corrected chi connectivity index (χ4v) is 2.52. The van der Waals surface area contributed by atoms with E-state index in [1.54, 1.807) is 6.08 Å². The molecule has 0 saturated heterocycles. The first-order valence-electron chi connectivity index (χ1n) is 5.98. The SMILES string of the molecule is O=C(C=Cc1cccc(Br)c1)NC1CCCC1. The molecule has 2 nitrogen and oxygen atoms in total. The first-order valence-corrected chi connectivity index (χ1v) is 6.77. The van der Waals surface area contributed by atoms with Gasteiger partial charge in [-0.1, -0.05) is 40.9 Å². The summed E-state index contributed by atoms with van der Waals surface area (Å²) in [6, 6.07) is 8.27. The average Bonchev–Trinajstić information content (AvgIpc) is 2.79. The van der Waals surface area contributed by atoms with Crippen LogP contribution in [0.3, 0.4) is 0 Å². The highest BCUT2D eigenvalue weighted by Crippen LogP contribution is 2.17. The van der Waals surface area contributed by atoms with Gasteiger partial charge in [-0.2, -0.15) is 0 Å². The van der Waals surface area contributed by atoms with Crippen LogP contribution in [0.4, 0.5) is 0 Å². The fraction of sp³-hybridized carbons (Fsp3) is 0.357. The number of hydrogen-bond acceptors (Lipinski definition) is 1. The Bertz CT molecular complexity index is 422. The van der Waals surface area contributed by atoms with Crippen LogP contribution in [0.1, 0.15) is 31.2 Å². The van der Waals surface area contributed by atoms with Crippen molar-refractivity contribution in [2.45, 2.75) is 31.7 Å². The number of halogens is 1. The van der Waals surface area contributed by atoms with Gasteiger partial charge in [-0.3, -0.25) is 4.79 Å². The lowest BCUT2D eigenvalue weighted by atomic mass is 10.2. The smallest absolute Gasteiger partial charge is 0.244 e. The van der Waals surface area contributed by atoms with Gasteiger partial charge in [-0.25, -0.2) is 0 Å². The van der Waals surface area contributed by atoms with Gasteiger partial charge in [-0.05, 0) is 36.6 Å². The molecule has 3 heteroatoms. The maximum atomic E-state index is 11.6. The van der Waals surface area contributed by atoms with Crippen LogP contribution in [0.25, 0.3) is 6.08 Å². The highest BCUT2D eigenvalue weighted by atomic mass is 79.9. The summed E-state index contributed by atoms with van der Waals surface area (Å²) < 4.78 is 1.02. The van der Waals surface area contributed by atoms with E-state index < -0.39 is 0 Å². The third kappa shape index (κ3) is 4.00. The Morgan fingerprint density at radius 2 is 2.12 bits per heavy atom. The summed E-state index contributed by atoms with van der Waals surface area (Å²) in [5.41, 5.74) is 1.03. The maximum absolute atomic E-state index is 11.6. The van der Waals surface area contributed by atoms with Gasteiger partial charge in [0, 0.05) is 16.6 Å². The second-order valence-electron chi connectivity index (χ2n) is 4.38. The van der Waals surface area contributed by atoms with Gasteiger partial charge < -0.3 is 5.32 Å². The number of carbonyl (C=O) groups is 1. The summed E-state index contributed by atoms with van der Waals surface area (Å²) in [6.45, 7) is 0. The second-order valence-corrected chi connectivity index (χ2v) is 5.29. The molecule has 0 aromatic heterocycles. The van der Waals surface area contributed by atoms with Crippen LogP contribution in [0.2, 0.25) is 0 Å². The third-order valence-electron chi connectivity index (χ3n) is 2.98. The van der Waals surface area contributed by atoms with Crippen molar-refractivity contribution < 1.29 is 4.79 Å². The van der Waals surface area contributed by atoms with Crippen LogP contribution in [0.15, 0.2) is 34.8 Å². The van der Waals surface area contributed by atoms with E-state index in [4.69, 9.17) is 0 Å². The topological polar surface area (TPSA) is 29.1 Å². The molecule has 1 fully saturated rings. The quantitative estimate of drug-likeness (QED) is 0.849. The molecule has 1 amide bonds. The van der Waals surface area contributed by atoms with Crippen molar-refractivity contribution in [2.24, 2.45) is 0 Å². The van der Waals surface area contributed by atoms with Crippen LogP contribution < -0.4 is 5.32 Å². The van der Waals surface area contributed by atoms with Crippen LogP contribution in [0, 0.1) is 0 Å². The van der Waals surface area contributed by atoms with Crippen LogP contribution >= 0.6 is 15.9 Å². The number of hydrogen-bond donors (Lipinski definition) is 1. The zero-order valence-corrected chi connectivity index (χ0v) is 11.2. The predicted octanol–water partition coefficient (Wildman–Crippen LogP) is 3.52. The van der Waals surface area contributed by atoms with E-state index in [1.165, 1.54) is 12.8 Å². The summed E-state index contributed by atoms with van der Waals surface area (Å²) in [5, 5.41) is 3.03. The zero-order valence-electron chi connectivity index (χ0n) is 9.66. The molecule has 0 unspecified atom stereocenters. The minimum Gasteiger partial charge on any atom is -0.350 e. The Labute approximate surface area is 110 Å². The van der Waals surface area contributed by atoms with E-state index in [-0.39, 0.29) is 5.91 Å². The predicted molar refractivity (Wildman–Crippen MR) is 73.6 cm³/mol. The summed E-state index contributed by atoms with van der Waals surface area (Å²) in [7, 11) is 0. The van der Waals surface area contributed by atoms with Gasteiger partial charge in [0.15, 0.2) is 0 Å². The Hall–Kier alpha value is -1.09. The highest BCUT2D eigenvalue weighted by molar-refractivity contribution is 9.10. The summed E-state index contributed by atoms with van der Waals surface area (Å²) >= 11 is 3.41. The van der Waals surface area contributed by atoms with Crippen molar-refractivity contribution >= 4 is 27.9 Å². The van der Waals surface area contributed by atoms with E-state index in [1.807, 2.05) is 30.3 Å². The molecule has 0 spiro atoms. The molecular weight excluding hydrogens is 278 g/mol. The third-order valence-corrected chi connectivity index (χ3v) is 3.47. The zero-order chi connectivity index (χ0) is 12.1. The minimum atomic E-state index is 0.0110. The number of carbonyl (C=O) groups excluding carboxylic acids is 1. The average molecular weight is 294 g/mol. The van der Waals surface area contributed by atoms with Gasteiger partial charge in [0.2, 0.25) is 5.91 Å². The highest BCUT2D eigenvalue weighted by Gasteiger charge is 2.15. The lowest BCUT2D eigenvalue weighted by Gasteiger charge is -2.08. The molecule has 1 aromatic rings. The largest absolute Gasteiger partial charge is 0.350 e. The number of nitrogens with one attached hydrogen (secondary N) is 1. The standard InChI is InChI=1S/C14H16BrNO/c15-12-5-3-4-11(10-12)8-9-14(17)16-13-6-1-2-7-13/h3-5,8-10,13H,1-2,6-7H2,(H,16,17). The lowest BCUT2D eigenvalue weighted by molar-refractivity contribution is -0.117. The van der Waals surface area contributed by atoms with Crippen molar-refractivity contribution in [3.63, 3.8) is 0 Å². The Balaban J connectivity index is 1.89. The van der Waals surface area contributed by atoms with Crippen molar-refractivity contribution in [3.05, 3.63) is 40.4 Å². The molecule has 0 atom stereocenters. The lowest BCUT2D eigenvalue weighted by Crippen LogP contribution is -2.30. The number of amides is 1. The Morgan fingerprint density at radius 3 is 2.82 bits per heavy atom. The van der Waals surface area contributed by atoms with E-state index in [0.717, 1.165) is 22.9 Å². The van der Waals surface area contributed by atoms with E-state index >= 15 is 0 Å². The molecule has 1 N–H and O–H groups in total. The van der Waals surface area contributed by atoms with Crippen molar-refractivity contribution in [3.8, 4) is 0 Å². The minimum absolute atomic E-state index is 0.0110. The molecule has 90 valence electrons. The summed E-state index contributed by atoms with van der Waals surface area (Å²) in [6.07, 6.45) is 8.17. The van der Waals surface area contributed by atoms with E-state index in [0.29, 0.717) is 6.04 Å². The fourth-order valence-electron chi connectivity index (χ4n) is 2.10. The molecule has 1 aliphatic carbocycles. The normalized spacial score (nSPS) is 16.5. The Kier molecular flexibility index (Phi) is 4.37. The molecule has 0 heterocycles. The monoisotopic (exact) mass is 293 g/mol. The Morgan fingerprint density at radius 1 is 1.35 bits per heavy atom. The molecule has 2 rings (SSSR count). The van der Waals surface area contributed by atoms with Crippen LogP contribution in [0.5, 0.6) is 0 Å². The summed E-state index contributed by atoms with van der Waals surface area (Å²) in [4.78, 5) is 11.6. The van der Waals surface area contributed by atoms with Crippen LogP contribution in [-0.4, -0.2) is 11.9 Å². The maximum Gasteiger partial charge on any atom is 0.244 e. The van der Waals surface area contributed by atoms with Crippen molar-refractivity contribution in [1.82, 2.24) is 5.32 Å². The van der Waals surface area contributed by atoms with Gasteiger partial charge >= 0.3 is 0 Å². The van der Waals surface area contributed by atoms with E-state index in [2.05, 4.69) is 21.2 Å². The molecule has 0 aliphatic heterocycles. The van der Waals surface area contributed by atoms with Crippen LogP contribution in [-0.2, 0) is 4.79 Å². The molecule has 0 bridgehead atoms. The first kappa shape index (κ1) is 12.4. The van der Waals surface area contributed by atoms with Gasteiger partial charge in [0.25, 0.3) is 0 Å². The second kappa shape index (κ2) is 6.01.